The maximum atomic E-state index is 10.4. The lowest BCUT2D eigenvalue weighted by Gasteiger charge is -2.35. The molecule has 94 valence electrons. The molecule has 1 saturated carbocycles. The van der Waals surface area contributed by atoms with Crippen LogP contribution in [0.5, 0.6) is 0 Å². The molecule has 2 fully saturated rings. The lowest BCUT2D eigenvalue weighted by atomic mass is 9.89. The molecular weight excluding hydrogens is 204 g/mol. The van der Waals surface area contributed by atoms with Crippen molar-refractivity contribution in [2.45, 2.75) is 56.2 Å². The Labute approximate surface area is 97.4 Å². The molecule has 1 saturated heterocycles. The average Bonchev–Trinajstić information content (AvgIpc) is 2.75. The van der Waals surface area contributed by atoms with Gasteiger partial charge in [0.15, 0.2) is 0 Å². The Kier molecular flexibility index (Phi) is 4.19. The SMILES string of the molecule is OCC(NC1CCCCC1)C1(O)CCNC1. The summed E-state index contributed by atoms with van der Waals surface area (Å²) in [6.45, 7) is 1.46. The molecule has 2 rings (SSSR count). The van der Waals surface area contributed by atoms with E-state index in [0.717, 1.165) is 13.0 Å². The van der Waals surface area contributed by atoms with Crippen LogP contribution >= 0.6 is 0 Å². The fourth-order valence-electron chi connectivity index (χ4n) is 2.93. The van der Waals surface area contributed by atoms with Gasteiger partial charge >= 0.3 is 0 Å². The first kappa shape index (κ1) is 12.3. The Morgan fingerprint density at radius 3 is 2.62 bits per heavy atom. The van der Waals surface area contributed by atoms with Crippen LogP contribution in [0.1, 0.15) is 38.5 Å². The summed E-state index contributed by atoms with van der Waals surface area (Å²) in [6, 6.07) is 0.307. The van der Waals surface area contributed by atoms with Crippen molar-refractivity contribution < 1.29 is 10.2 Å². The first-order valence-corrected chi connectivity index (χ1v) is 6.54. The van der Waals surface area contributed by atoms with E-state index in [1.54, 1.807) is 0 Å². The Morgan fingerprint density at radius 2 is 2.06 bits per heavy atom. The molecule has 4 N–H and O–H groups in total. The van der Waals surface area contributed by atoms with Gasteiger partial charge in [0, 0.05) is 12.6 Å². The second kappa shape index (κ2) is 5.45. The standard InChI is InChI=1S/C12H24N2O2/c15-8-11(12(16)6-7-13-9-12)14-10-4-2-1-3-5-10/h10-11,13-16H,1-9H2. The van der Waals surface area contributed by atoms with Gasteiger partial charge in [0.25, 0.3) is 0 Å². The molecule has 2 unspecified atom stereocenters. The molecule has 2 atom stereocenters. The number of β-amino-alcohol motifs (C(OH)–C–C–N with tert-alkyl or cyclic N) is 1. The molecule has 4 heteroatoms. The molecule has 0 bridgehead atoms. The second-order valence-corrected chi connectivity index (χ2v) is 5.27. The van der Waals surface area contributed by atoms with Gasteiger partial charge in [-0.15, -0.1) is 0 Å². The maximum Gasteiger partial charge on any atom is 0.0958 e. The molecule has 4 nitrogen and oxygen atoms in total. The lowest BCUT2D eigenvalue weighted by molar-refractivity contribution is -0.00624. The first-order valence-electron chi connectivity index (χ1n) is 6.54. The van der Waals surface area contributed by atoms with Crippen LogP contribution < -0.4 is 10.6 Å². The van der Waals surface area contributed by atoms with Crippen LogP contribution in [0.15, 0.2) is 0 Å². The monoisotopic (exact) mass is 228 g/mol. The Hall–Kier alpha value is -0.160. The smallest absolute Gasteiger partial charge is 0.0958 e. The van der Waals surface area contributed by atoms with Crippen LogP contribution in [-0.2, 0) is 0 Å². The molecule has 0 spiro atoms. The van der Waals surface area contributed by atoms with E-state index in [1.807, 2.05) is 0 Å². The van der Waals surface area contributed by atoms with E-state index in [-0.39, 0.29) is 12.6 Å². The minimum atomic E-state index is -0.758. The van der Waals surface area contributed by atoms with E-state index in [0.29, 0.717) is 12.6 Å². The highest BCUT2D eigenvalue weighted by Gasteiger charge is 2.39. The van der Waals surface area contributed by atoms with Gasteiger partial charge < -0.3 is 20.8 Å². The molecule has 1 aliphatic heterocycles. The third kappa shape index (κ3) is 2.74. The molecule has 16 heavy (non-hydrogen) atoms. The molecule has 1 aliphatic carbocycles. The van der Waals surface area contributed by atoms with Crippen LogP contribution in [0.2, 0.25) is 0 Å². The summed E-state index contributed by atoms with van der Waals surface area (Å²) in [6.07, 6.45) is 6.96. The van der Waals surface area contributed by atoms with Gasteiger partial charge in [0.2, 0.25) is 0 Å². The van der Waals surface area contributed by atoms with Crippen molar-refractivity contribution in [1.29, 1.82) is 0 Å². The second-order valence-electron chi connectivity index (χ2n) is 5.27. The van der Waals surface area contributed by atoms with Crippen molar-refractivity contribution in [3.05, 3.63) is 0 Å². The number of hydrogen-bond acceptors (Lipinski definition) is 4. The molecular formula is C12H24N2O2. The lowest BCUT2D eigenvalue weighted by Crippen LogP contribution is -2.57. The minimum absolute atomic E-state index is 0.0225. The van der Waals surface area contributed by atoms with Crippen LogP contribution in [0.3, 0.4) is 0 Å². The number of nitrogens with one attached hydrogen (secondary N) is 2. The molecule has 0 radical (unpaired) electrons. The van der Waals surface area contributed by atoms with Gasteiger partial charge in [-0.05, 0) is 25.8 Å². The van der Waals surface area contributed by atoms with E-state index >= 15 is 0 Å². The summed E-state index contributed by atoms with van der Waals surface area (Å²) in [5.74, 6) is 0. The van der Waals surface area contributed by atoms with Crippen LogP contribution in [0.4, 0.5) is 0 Å². The Morgan fingerprint density at radius 1 is 1.31 bits per heavy atom. The van der Waals surface area contributed by atoms with E-state index in [4.69, 9.17) is 0 Å². The summed E-state index contributed by atoms with van der Waals surface area (Å²) in [7, 11) is 0. The summed E-state index contributed by atoms with van der Waals surface area (Å²) in [5.41, 5.74) is -0.758. The number of aliphatic hydroxyl groups is 2. The van der Waals surface area contributed by atoms with Crippen molar-refractivity contribution in [2.75, 3.05) is 19.7 Å². The van der Waals surface area contributed by atoms with Crippen LogP contribution in [0.25, 0.3) is 0 Å². The Balaban J connectivity index is 1.88. The molecule has 0 aromatic carbocycles. The summed E-state index contributed by atoms with van der Waals surface area (Å²) in [4.78, 5) is 0. The minimum Gasteiger partial charge on any atom is -0.395 e. The zero-order valence-electron chi connectivity index (χ0n) is 9.91. The van der Waals surface area contributed by atoms with E-state index in [2.05, 4.69) is 10.6 Å². The van der Waals surface area contributed by atoms with Crippen molar-refractivity contribution >= 4 is 0 Å². The first-order chi connectivity index (χ1) is 7.74. The third-order valence-corrected chi connectivity index (χ3v) is 4.04. The van der Waals surface area contributed by atoms with Crippen LogP contribution in [0, 0.1) is 0 Å². The normalized spacial score (nSPS) is 34.1. The summed E-state index contributed by atoms with van der Waals surface area (Å²) < 4.78 is 0. The van der Waals surface area contributed by atoms with Crippen molar-refractivity contribution in [3.8, 4) is 0 Å². The van der Waals surface area contributed by atoms with E-state index in [9.17, 15) is 10.2 Å². The van der Waals surface area contributed by atoms with Gasteiger partial charge in [-0.1, -0.05) is 19.3 Å². The van der Waals surface area contributed by atoms with Crippen molar-refractivity contribution in [3.63, 3.8) is 0 Å². The number of hydrogen-bond donors (Lipinski definition) is 4. The van der Waals surface area contributed by atoms with Gasteiger partial charge in [-0.3, -0.25) is 0 Å². The van der Waals surface area contributed by atoms with Crippen molar-refractivity contribution in [2.24, 2.45) is 0 Å². The maximum absolute atomic E-state index is 10.4. The highest BCUT2D eigenvalue weighted by Crippen LogP contribution is 2.23. The summed E-state index contributed by atoms with van der Waals surface area (Å²) in [5, 5.41) is 26.4. The highest BCUT2D eigenvalue weighted by molar-refractivity contribution is 4.98. The number of aliphatic hydroxyl groups excluding tert-OH is 1. The molecule has 0 amide bonds. The van der Waals surface area contributed by atoms with Crippen molar-refractivity contribution in [1.82, 2.24) is 10.6 Å². The van der Waals surface area contributed by atoms with Gasteiger partial charge in [0.1, 0.15) is 0 Å². The molecule has 1 heterocycles. The third-order valence-electron chi connectivity index (χ3n) is 4.04. The molecule has 0 aromatic rings. The fraction of sp³-hybridized carbons (Fsp3) is 1.00. The predicted molar refractivity (Wildman–Crippen MR) is 63.3 cm³/mol. The fourth-order valence-corrected chi connectivity index (χ4v) is 2.93. The highest BCUT2D eigenvalue weighted by atomic mass is 16.3. The van der Waals surface area contributed by atoms with Gasteiger partial charge in [-0.25, -0.2) is 0 Å². The molecule has 0 aromatic heterocycles. The Bertz CT molecular complexity index is 211. The zero-order valence-corrected chi connectivity index (χ0v) is 9.91. The van der Waals surface area contributed by atoms with Crippen LogP contribution in [-0.4, -0.2) is 47.6 Å². The average molecular weight is 228 g/mol. The zero-order chi connectivity index (χ0) is 11.4. The van der Waals surface area contributed by atoms with Gasteiger partial charge in [0.05, 0.1) is 18.2 Å². The topological polar surface area (TPSA) is 64.5 Å². The molecule has 2 aliphatic rings. The number of rotatable bonds is 4. The van der Waals surface area contributed by atoms with Gasteiger partial charge in [-0.2, -0.15) is 0 Å². The quantitative estimate of drug-likeness (QED) is 0.547. The van der Waals surface area contributed by atoms with E-state index in [1.165, 1.54) is 32.1 Å². The van der Waals surface area contributed by atoms with E-state index < -0.39 is 5.60 Å². The largest absolute Gasteiger partial charge is 0.395 e. The summed E-state index contributed by atoms with van der Waals surface area (Å²) >= 11 is 0. The predicted octanol–water partition coefficient (Wildman–Crippen LogP) is -0.00600.